The van der Waals surface area contributed by atoms with E-state index in [1.165, 1.54) is 0 Å². The standard InChI is InChI=1S/C19H29N3O3S/c1-4-21-11-10-19(9-8-18(21)23)15-22(13-12-20(19)3)26(24,25)17-7-5-6-16(2)14-17/h5-7,14H,4,8-13,15H2,1-3H3/t19-/m1/s1. The third-order valence-electron chi connectivity index (χ3n) is 5.98. The molecule has 2 aliphatic heterocycles. The molecule has 1 amide bonds. The Labute approximate surface area is 156 Å². The van der Waals surface area contributed by atoms with E-state index in [0.717, 1.165) is 12.0 Å². The van der Waals surface area contributed by atoms with E-state index in [9.17, 15) is 13.2 Å². The number of nitrogens with zero attached hydrogens (tertiary/aromatic N) is 3. The number of piperazine rings is 1. The van der Waals surface area contributed by atoms with Gasteiger partial charge in [-0.05, 0) is 51.4 Å². The van der Waals surface area contributed by atoms with E-state index in [2.05, 4.69) is 11.9 Å². The fourth-order valence-corrected chi connectivity index (χ4v) is 5.74. The molecule has 1 aromatic carbocycles. The summed E-state index contributed by atoms with van der Waals surface area (Å²) in [5.41, 5.74) is 0.669. The van der Waals surface area contributed by atoms with E-state index in [-0.39, 0.29) is 11.4 Å². The third-order valence-corrected chi connectivity index (χ3v) is 7.82. The van der Waals surface area contributed by atoms with E-state index >= 15 is 0 Å². The molecule has 6 nitrogen and oxygen atoms in total. The number of amides is 1. The van der Waals surface area contributed by atoms with Gasteiger partial charge in [-0.3, -0.25) is 9.69 Å². The highest BCUT2D eigenvalue weighted by Gasteiger charge is 2.45. The lowest BCUT2D eigenvalue weighted by molar-refractivity contribution is -0.130. The normalized spacial score (nSPS) is 26.3. The average molecular weight is 380 g/mol. The lowest BCUT2D eigenvalue weighted by atomic mass is 9.87. The van der Waals surface area contributed by atoms with Gasteiger partial charge in [-0.25, -0.2) is 8.42 Å². The molecule has 0 aromatic heterocycles. The highest BCUT2D eigenvalue weighted by atomic mass is 32.2. The first-order chi connectivity index (χ1) is 12.3. The number of carbonyl (C=O) groups excluding carboxylic acids is 1. The van der Waals surface area contributed by atoms with Crippen molar-refractivity contribution in [3.63, 3.8) is 0 Å². The minimum atomic E-state index is -3.52. The quantitative estimate of drug-likeness (QED) is 0.802. The van der Waals surface area contributed by atoms with Gasteiger partial charge in [0.05, 0.1) is 4.90 Å². The molecule has 144 valence electrons. The summed E-state index contributed by atoms with van der Waals surface area (Å²) in [7, 11) is -1.46. The fourth-order valence-electron chi connectivity index (χ4n) is 4.12. The molecule has 7 heteroatoms. The largest absolute Gasteiger partial charge is 0.343 e. The highest BCUT2D eigenvalue weighted by Crippen LogP contribution is 2.34. The molecule has 3 rings (SSSR count). The molecule has 0 saturated carbocycles. The van der Waals surface area contributed by atoms with Crippen LogP contribution >= 0.6 is 0 Å². The topological polar surface area (TPSA) is 60.9 Å². The van der Waals surface area contributed by atoms with Crippen molar-refractivity contribution < 1.29 is 13.2 Å². The zero-order valence-electron chi connectivity index (χ0n) is 15.9. The van der Waals surface area contributed by atoms with Gasteiger partial charge in [0, 0.05) is 44.7 Å². The van der Waals surface area contributed by atoms with Crippen LogP contribution in [0.3, 0.4) is 0 Å². The van der Waals surface area contributed by atoms with Crippen LogP contribution in [0, 0.1) is 6.92 Å². The van der Waals surface area contributed by atoms with Crippen LogP contribution in [-0.2, 0) is 14.8 Å². The second-order valence-corrected chi connectivity index (χ2v) is 9.46. The van der Waals surface area contributed by atoms with Crippen molar-refractivity contribution in [3.8, 4) is 0 Å². The Kier molecular flexibility index (Phi) is 5.42. The molecule has 0 bridgehead atoms. The summed E-state index contributed by atoms with van der Waals surface area (Å²) in [6, 6.07) is 7.09. The molecule has 2 saturated heterocycles. The van der Waals surface area contributed by atoms with Crippen LogP contribution in [0.5, 0.6) is 0 Å². The van der Waals surface area contributed by atoms with Crippen molar-refractivity contribution in [2.75, 3.05) is 39.8 Å². The number of benzene rings is 1. The van der Waals surface area contributed by atoms with Gasteiger partial charge in [-0.1, -0.05) is 12.1 Å². The van der Waals surface area contributed by atoms with Gasteiger partial charge < -0.3 is 4.90 Å². The van der Waals surface area contributed by atoms with Crippen LogP contribution in [0.1, 0.15) is 31.7 Å². The van der Waals surface area contributed by atoms with E-state index in [0.29, 0.717) is 50.5 Å². The zero-order chi connectivity index (χ0) is 18.9. The summed E-state index contributed by atoms with van der Waals surface area (Å²) >= 11 is 0. The maximum atomic E-state index is 13.2. The maximum absolute atomic E-state index is 13.2. The van der Waals surface area contributed by atoms with Gasteiger partial charge >= 0.3 is 0 Å². The zero-order valence-corrected chi connectivity index (χ0v) is 16.8. The Balaban J connectivity index is 1.87. The lowest BCUT2D eigenvalue weighted by Crippen LogP contribution is -2.62. The highest BCUT2D eigenvalue weighted by molar-refractivity contribution is 7.89. The van der Waals surface area contributed by atoms with Crippen LogP contribution in [-0.4, -0.2) is 73.7 Å². The summed E-state index contributed by atoms with van der Waals surface area (Å²) in [5.74, 6) is 0.177. The van der Waals surface area contributed by atoms with Gasteiger partial charge in [0.2, 0.25) is 15.9 Å². The minimum Gasteiger partial charge on any atom is -0.343 e. The fraction of sp³-hybridized carbons (Fsp3) is 0.632. The molecule has 1 spiro atoms. The molecule has 2 aliphatic rings. The van der Waals surface area contributed by atoms with E-state index < -0.39 is 10.0 Å². The molecule has 0 N–H and O–H groups in total. The van der Waals surface area contributed by atoms with Crippen LogP contribution in [0.4, 0.5) is 0 Å². The Morgan fingerprint density at radius 2 is 1.92 bits per heavy atom. The molecule has 2 heterocycles. The molecular formula is C19H29N3O3S. The van der Waals surface area contributed by atoms with Crippen molar-refractivity contribution in [3.05, 3.63) is 29.8 Å². The minimum absolute atomic E-state index is 0.177. The molecule has 26 heavy (non-hydrogen) atoms. The second-order valence-electron chi connectivity index (χ2n) is 7.52. The SMILES string of the molecule is CCN1CC[C@]2(CCC1=O)CN(S(=O)(=O)c1cccc(C)c1)CCN2C. The van der Waals surface area contributed by atoms with E-state index in [1.54, 1.807) is 22.5 Å². The molecule has 1 aromatic rings. The first-order valence-corrected chi connectivity index (χ1v) is 10.8. The van der Waals surface area contributed by atoms with Gasteiger partial charge in [0.15, 0.2) is 0 Å². The van der Waals surface area contributed by atoms with Crippen LogP contribution in [0.15, 0.2) is 29.2 Å². The molecule has 0 aliphatic carbocycles. The van der Waals surface area contributed by atoms with Gasteiger partial charge in [-0.2, -0.15) is 4.31 Å². The smallest absolute Gasteiger partial charge is 0.243 e. The van der Waals surface area contributed by atoms with Crippen molar-refractivity contribution in [1.29, 1.82) is 0 Å². The predicted octanol–water partition coefficient (Wildman–Crippen LogP) is 1.70. The summed E-state index contributed by atoms with van der Waals surface area (Å²) in [6.07, 6.45) is 2.00. The number of likely N-dealkylation sites (N-methyl/N-ethyl adjacent to an activating group) is 1. The molecule has 0 radical (unpaired) electrons. The Hall–Kier alpha value is -1.44. The molecule has 0 unspecified atom stereocenters. The number of sulfonamides is 1. The monoisotopic (exact) mass is 379 g/mol. The molecule has 2 fully saturated rings. The van der Waals surface area contributed by atoms with Crippen LogP contribution in [0.25, 0.3) is 0 Å². The van der Waals surface area contributed by atoms with Gasteiger partial charge in [-0.15, -0.1) is 0 Å². The second kappa shape index (κ2) is 7.29. The summed E-state index contributed by atoms with van der Waals surface area (Å²) in [6.45, 7) is 6.92. The number of likely N-dealkylation sites (tertiary alicyclic amines) is 1. The first kappa shape index (κ1) is 19.3. The Bertz CT molecular complexity index is 780. The van der Waals surface area contributed by atoms with E-state index in [4.69, 9.17) is 0 Å². The third kappa shape index (κ3) is 3.52. The van der Waals surface area contributed by atoms with Crippen LogP contribution < -0.4 is 0 Å². The van der Waals surface area contributed by atoms with Gasteiger partial charge in [0.25, 0.3) is 0 Å². The predicted molar refractivity (Wildman–Crippen MR) is 101 cm³/mol. The lowest BCUT2D eigenvalue weighted by Gasteiger charge is -2.48. The summed E-state index contributed by atoms with van der Waals surface area (Å²) in [5, 5.41) is 0. The molecular weight excluding hydrogens is 350 g/mol. The number of hydrogen-bond donors (Lipinski definition) is 0. The van der Waals surface area contributed by atoms with Crippen molar-refractivity contribution in [1.82, 2.24) is 14.1 Å². The van der Waals surface area contributed by atoms with E-state index in [1.807, 2.05) is 24.8 Å². The first-order valence-electron chi connectivity index (χ1n) is 9.34. The van der Waals surface area contributed by atoms with Crippen molar-refractivity contribution in [2.45, 2.75) is 43.5 Å². The summed E-state index contributed by atoms with van der Waals surface area (Å²) in [4.78, 5) is 16.8. The average Bonchev–Trinajstić information content (AvgIpc) is 2.77. The Morgan fingerprint density at radius 1 is 1.15 bits per heavy atom. The van der Waals surface area contributed by atoms with Crippen molar-refractivity contribution >= 4 is 15.9 Å². The maximum Gasteiger partial charge on any atom is 0.243 e. The van der Waals surface area contributed by atoms with Crippen molar-refractivity contribution in [2.24, 2.45) is 0 Å². The molecule has 1 atom stereocenters. The van der Waals surface area contributed by atoms with Crippen LogP contribution in [0.2, 0.25) is 0 Å². The number of hydrogen-bond acceptors (Lipinski definition) is 4. The van der Waals surface area contributed by atoms with Gasteiger partial charge in [0.1, 0.15) is 0 Å². The Morgan fingerprint density at radius 3 is 2.62 bits per heavy atom. The number of aryl methyl sites for hydroxylation is 1. The number of rotatable bonds is 3. The number of carbonyl (C=O) groups is 1. The summed E-state index contributed by atoms with van der Waals surface area (Å²) < 4.78 is 28.0.